The molecule has 0 amide bonds. The molecular weight excluding hydrogens is 142 g/mol. The van der Waals surface area contributed by atoms with Crippen molar-refractivity contribution in [1.29, 1.82) is 0 Å². The molecule has 0 aliphatic carbocycles. The van der Waals surface area contributed by atoms with Crippen molar-refractivity contribution in [2.75, 3.05) is 6.54 Å². The van der Waals surface area contributed by atoms with Crippen molar-refractivity contribution in [2.45, 2.75) is 31.8 Å². The molecule has 1 heterocycles. The molecule has 1 rings (SSSR count). The van der Waals surface area contributed by atoms with Gasteiger partial charge in [0.2, 0.25) is 6.04 Å². The smallest absolute Gasteiger partial charge is 0.244 e. The summed E-state index contributed by atoms with van der Waals surface area (Å²) in [5, 5.41) is 4.37. The summed E-state index contributed by atoms with van der Waals surface area (Å²) in [5.74, 6) is 0. The van der Waals surface area contributed by atoms with Crippen LogP contribution in [0.4, 0.5) is 0 Å². The van der Waals surface area contributed by atoms with Crippen LogP contribution in [-0.4, -0.2) is 23.6 Å². The van der Waals surface area contributed by atoms with E-state index in [2.05, 4.69) is 10.1 Å². The van der Waals surface area contributed by atoms with E-state index in [1.165, 1.54) is 5.01 Å². The topological polar surface area (TPSA) is 37.0 Å². The molecule has 0 aromatic heterocycles. The van der Waals surface area contributed by atoms with Crippen molar-refractivity contribution in [3.63, 3.8) is 0 Å². The Kier molecular flexibility index (Phi) is 2.42. The van der Waals surface area contributed by atoms with Crippen molar-refractivity contribution in [1.82, 2.24) is 5.01 Å². The minimum absolute atomic E-state index is 0.0161. The molecular formula is C7H11N3O. The third-order valence-corrected chi connectivity index (χ3v) is 2.12. The lowest BCUT2D eigenvalue weighted by Crippen LogP contribution is -2.22. The van der Waals surface area contributed by atoms with Crippen LogP contribution in [0.25, 0.3) is 4.85 Å². The van der Waals surface area contributed by atoms with Crippen LogP contribution < -0.4 is 0 Å². The Morgan fingerprint density at radius 2 is 2.55 bits per heavy atom. The molecule has 2 atom stereocenters. The molecule has 4 nitrogen and oxygen atoms in total. The van der Waals surface area contributed by atoms with Crippen LogP contribution in [-0.2, 0) is 0 Å². The lowest BCUT2D eigenvalue weighted by molar-refractivity contribution is 0.257. The second-order valence-electron chi connectivity index (χ2n) is 2.78. The molecule has 60 valence electrons. The molecule has 0 N–H and O–H groups in total. The largest absolute Gasteiger partial charge is 0.312 e. The van der Waals surface area contributed by atoms with Gasteiger partial charge in [-0.2, -0.15) is 0 Å². The fourth-order valence-electron chi connectivity index (χ4n) is 1.45. The van der Waals surface area contributed by atoms with Crippen molar-refractivity contribution >= 4 is 0 Å². The summed E-state index contributed by atoms with van der Waals surface area (Å²) < 4.78 is 0. The van der Waals surface area contributed by atoms with Crippen LogP contribution in [0.15, 0.2) is 5.29 Å². The normalized spacial score (nSPS) is 30.0. The van der Waals surface area contributed by atoms with Crippen molar-refractivity contribution in [2.24, 2.45) is 5.29 Å². The molecule has 1 saturated heterocycles. The highest BCUT2D eigenvalue weighted by atomic mass is 16.3. The highest BCUT2D eigenvalue weighted by Crippen LogP contribution is 2.22. The lowest BCUT2D eigenvalue weighted by Gasteiger charge is -2.12. The Bertz CT molecular complexity index is 187. The van der Waals surface area contributed by atoms with E-state index >= 15 is 0 Å². The van der Waals surface area contributed by atoms with Crippen LogP contribution >= 0.6 is 0 Å². The quantitative estimate of drug-likeness (QED) is 0.444. The second kappa shape index (κ2) is 3.33. The zero-order valence-corrected chi connectivity index (χ0v) is 6.53. The molecule has 4 heteroatoms. The van der Waals surface area contributed by atoms with Gasteiger partial charge in [-0.25, -0.2) is 11.6 Å². The molecule has 0 saturated carbocycles. The summed E-state index contributed by atoms with van der Waals surface area (Å²) >= 11 is 0. The molecule has 1 aliphatic heterocycles. The fourth-order valence-corrected chi connectivity index (χ4v) is 1.45. The van der Waals surface area contributed by atoms with E-state index in [9.17, 15) is 4.91 Å². The molecule has 1 fully saturated rings. The van der Waals surface area contributed by atoms with Gasteiger partial charge in [-0.15, -0.1) is 4.91 Å². The van der Waals surface area contributed by atoms with Gasteiger partial charge >= 0.3 is 0 Å². The highest BCUT2D eigenvalue weighted by molar-refractivity contribution is 4.93. The predicted octanol–water partition coefficient (Wildman–Crippen LogP) is 1.44. The van der Waals surface area contributed by atoms with Crippen LogP contribution in [0.5, 0.6) is 0 Å². The molecule has 0 radical (unpaired) electrons. The Labute approximate surface area is 66.0 Å². The Morgan fingerprint density at radius 1 is 1.82 bits per heavy atom. The monoisotopic (exact) mass is 153 g/mol. The molecule has 11 heavy (non-hydrogen) atoms. The van der Waals surface area contributed by atoms with Crippen molar-refractivity contribution < 1.29 is 0 Å². The maximum Gasteiger partial charge on any atom is 0.244 e. The minimum atomic E-state index is -0.0161. The van der Waals surface area contributed by atoms with Gasteiger partial charge in [-0.05, 0) is 6.42 Å². The SMILES string of the molecule is [C-]#[N+][C@H]1C[C@@H](CC)N(N=O)C1. The average Bonchev–Trinajstić information content (AvgIpc) is 2.46. The molecule has 0 spiro atoms. The van der Waals surface area contributed by atoms with Gasteiger partial charge in [0.25, 0.3) is 0 Å². The summed E-state index contributed by atoms with van der Waals surface area (Å²) in [4.78, 5) is 13.6. The molecule has 1 aliphatic rings. The first kappa shape index (κ1) is 7.99. The summed E-state index contributed by atoms with van der Waals surface area (Å²) in [6.45, 7) is 9.31. The zero-order chi connectivity index (χ0) is 8.27. The average molecular weight is 153 g/mol. The first-order valence-corrected chi connectivity index (χ1v) is 3.78. The first-order chi connectivity index (χ1) is 5.31. The molecule has 0 unspecified atom stereocenters. The van der Waals surface area contributed by atoms with Crippen molar-refractivity contribution in [3.05, 3.63) is 16.3 Å². The van der Waals surface area contributed by atoms with E-state index in [0.29, 0.717) is 6.54 Å². The highest BCUT2D eigenvalue weighted by Gasteiger charge is 2.34. The number of nitrogens with zero attached hydrogens (tertiary/aromatic N) is 3. The van der Waals surface area contributed by atoms with E-state index in [1.807, 2.05) is 6.92 Å². The molecule has 0 bridgehead atoms. The van der Waals surface area contributed by atoms with E-state index in [-0.39, 0.29) is 12.1 Å². The van der Waals surface area contributed by atoms with Gasteiger partial charge in [0.1, 0.15) is 6.54 Å². The maximum absolute atomic E-state index is 10.2. The predicted molar refractivity (Wildman–Crippen MR) is 41.6 cm³/mol. The van der Waals surface area contributed by atoms with E-state index < -0.39 is 0 Å². The van der Waals surface area contributed by atoms with Gasteiger partial charge in [-0.1, -0.05) is 6.92 Å². The Morgan fingerprint density at radius 3 is 2.91 bits per heavy atom. The first-order valence-electron chi connectivity index (χ1n) is 3.78. The van der Waals surface area contributed by atoms with Crippen LogP contribution in [0.3, 0.4) is 0 Å². The van der Waals surface area contributed by atoms with Gasteiger partial charge in [0.05, 0.1) is 11.3 Å². The standard InChI is InChI=1S/C7H11N3O/c1-3-7-4-6(8-2)5-10(7)9-11/h6-7H,3-5H2,1H3/t6-,7+/m0/s1. The second-order valence-corrected chi connectivity index (χ2v) is 2.78. The minimum Gasteiger partial charge on any atom is -0.312 e. The molecule has 0 aromatic carbocycles. The van der Waals surface area contributed by atoms with Crippen molar-refractivity contribution in [3.8, 4) is 0 Å². The Hall–Kier alpha value is -1.11. The summed E-state index contributed by atoms with van der Waals surface area (Å²) in [5.41, 5.74) is 0. The summed E-state index contributed by atoms with van der Waals surface area (Å²) in [6, 6.07) is 0.184. The van der Waals surface area contributed by atoms with Crippen LogP contribution in [0.2, 0.25) is 0 Å². The maximum atomic E-state index is 10.2. The third-order valence-electron chi connectivity index (χ3n) is 2.12. The lowest BCUT2D eigenvalue weighted by atomic mass is 10.1. The summed E-state index contributed by atoms with van der Waals surface area (Å²) in [6.07, 6.45) is 1.70. The number of nitroso groups, excluding NO2 is 1. The van der Waals surface area contributed by atoms with E-state index in [0.717, 1.165) is 12.8 Å². The van der Waals surface area contributed by atoms with Gasteiger partial charge in [0, 0.05) is 6.42 Å². The zero-order valence-electron chi connectivity index (χ0n) is 6.53. The van der Waals surface area contributed by atoms with E-state index in [1.54, 1.807) is 0 Å². The van der Waals surface area contributed by atoms with Crippen LogP contribution in [0, 0.1) is 11.5 Å². The number of hydrogen-bond acceptors (Lipinski definition) is 2. The number of rotatable bonds is 2. The fraction of sp³-hybridized carbons (Fsp3) is 0.857. The van der Waals surface area contributed by atoms with Gasteiger partial charge < -0.3 is 4.85 Å². The number of hydrogen-bond donors (Lipinski definition) is 0. The Balaban J connectivity index is 2.55. The van der Waals surface area contributed by atoms with Gasteiger partial charge in [-0.3, -0.25) is 0 Å². The molecule has 0 aromatic rings. The van der Waals surface area contributed by atoms with Gasteiger partial charge in [0.15, 0.2) is 0 Å². The van der Waals surface area contributed by atoms with E-state index in [4.69, 9.17) is 6.57 Å². The summed E-state index contributed by atoms with van der Waals surface area (Å²) in [7, 11) is 0. The van der Waals surface area contributed by atoms with Crippen LogP contribution in [0.1, 0.15) is 19.8 Å². The third kappa shape index (κ3) is 1.48.